The number of aromatic nitrogens is 1. The van der Waals surface area contributed by atoms with Crippen LogP contribution in [-0.2, 0) is 6.61 Å². The highest BCUT2D eigenvalue weighted by Gasteiger charge is 2.12. The van der Waals surface area contributed by atoms with Crippen LogP contribution in [0.15, 0.2) is 66.9 Å². The van der Waals surface area contributed by atoms with Gasteiger partial charge in [0.1, 0.15) is 12.4 Å². The van der Waals surface area contributed by atoms with Gasteiger partial charge < -0.3 is 14.8 Å². The van der Waals surface area contributed by atoms with E-state index in [0.29, 0.717) is 23.7 Å². The number of nitrogens with one attached hydrogen (secondary N) is 1. The number of rotatable bonds is 7. The lowest BCUT2D eigenvalue weighted by molar-refractivity contribution is 0.102. The number of amides is 1. The first-order valence-electron chi connectivity index (χ1n) is 9.23. The van der Waals surface area contributed by atoms with Crippen LogP contribution in [-0.4, -0.2) is 17.0 Å². The summed E-state index contributed by atoms with van der Waals surface area (Å²) >= 11 is 0. The Balaban J connectivity index is 1.69. The summed E-state index contributed by atoms with van der Waals surface area (Å²) in [6, 6.07) is 18.6. The zero-order chi connectivity index (χ0) is 19.9. The van der Waals surface area contributed by atoms with Gasteiger partial charge in [-0.05, 0) is 68.3 Å². The third-order valence-corrected chi connectivity index (χ3v) is 4.14. The summed E-state index contributed by atoms with van der Waals surface area (Å²) in [5, 5.41) is 2.82. The molecule has 0 spiro atoms. The molecule has 3 rings (SSSR count). The van der Waals surface area contributed by atoms with Crippen molar-refractivity contribution < 1.29 is 14.3 Å². The van der Waals surface area contributed by atoms with Crippen LogP contribution in [0.5, 0.6) is 11.5 Å². The van der Waals surface area contributed by atoms with Crippen molar-refractivity contribution in [1.82, 2.24) is 4.98 Å². The number of anilines is 1. The Morgan fingerprint density at radius 3 is 2.50 bits per heavy atom. The molecule has 3 aromatic rings. The Hall–Kier alpha value is -3.34. The van der Waals surface area contributed by atoms with Crippen LogP contribution in [0.3, 0.4) is 0 Å². The highest BCUT2D eigenvalue weighted by molar-refractivity contribution is 6.04. The minimum Gasteiger partial charge on any atom is -0.491 e. The second-order valence-corrected chi connectivity index (χ2v) is 6.71. The maximum absolute atomic E-state index is 12.6. The molecule has 0 aliphatic carbocycles. The Bertz CT molecular complexity index is 937. The molecule has 0 aliphatic rings. The number of carbonyl (C=O) groups excluding carboxylic acids is 1. The number of aryl methyl sites for hydroxylation is 1. The predicted molar refractivity (Wildman–Crippen MR) is 110 cm³/mol. The minimum absolute atomic E-state index is 0.0844. The van der Waals surface area contributed by atoms with E-state index in [1.165, 1.54) is 0 Å². The van der Waals surface area contributed by atoms with Crippen LogP contribution in [0.2, 0.25) is 0 Å². The molecule has 0 aliphatic heterocycles. The number of benzene rings is 2. The molecule has 1 amide bonds. The summed E-state index contributed by atoms with van der Waals surface area (Å²) < 4.78 is 11.5. The molecule has 0 bridgehead atoms. The van der Waals surface area contributed by atoms with E-state index in [4.69, 9.17) is 9.47 Å². The van der Waals surface area contributed by atoms with Gasteiger partial charge in [-0.1, -0.05) is 24.3 Å². The molecule has 2 aromatic carbocycles. The molecule has 144 valence electrons. The molecule has 5 nitrogen and oxygen atoms in total. The summed E-state index contributed by atoms with van der Waals surface area (Å²) in [5.41, 5.74) is 2.76. The predicted octanol–water partition coefficient (Wildman–Crippen LogP) is 5.01. The number of ether oxygens (including phenoxy) is 2. The fourth-order valence-electron chi connectivity index (χ4n) is 2.67. The lowest BCUT2D eigenvalue weighted by Crippen LogP contribution is -2.14. The van der Waals surface area contributed by atoms with Crippen molar-refractivity contribution in [1.29, 1.82) is 0 Å². The normalized spacial score (nSPS) is 10.6. The summed E-state index contributed by atoms with van der Waals surface area (Å²) in [7, 11) is 0. The number of carbonyl (C=O) groups is 1. The second-order valence-electron chi connectivity index (χ2n) is 6.71. The molecule has 1 aromatic heterocycles. The number of hydrogen-bond acceptors (Lipinski definition) is 4. The molecule has 0 saturated heterocycles. The Morgan fingerprint density at radius 2 is 1.79 bits per heavy atom. The Labute approximate surface area is 165 Å². The third-order valence-electron chi connectivity index (χ3n) is 4.14. The van der Waals surface area contributed by atoms with Crippen LogP contribution in [0.4, 0.5) is 5.82 Å². The van der Waals surface area contributed by atoms with Crippen LogP contribution >= 0.6 is 0 Å². The van der Waals surface area contributed by atoms with Crippen molar-refractivity contribution in [3.8, 4) is 11.5 Å². The van der Waals surface area contributed by atoms with Gasteiger partial charge in [-0.3, -0.25) is 4.79 Å². The molecule has 0 atom stereocenters. The van der Waals surface area contributed by atoms with E-state index >= 15 is 0 Å². The third kappa shape index (κ3) is 5.10. The molecule has 5 heteroatoms. The zero-order valence-corrected chi connectivity index (χ0v) is 16.3. The molecule has 0 saturated carbocycles. The van der Waals surface area contributed by atoms with Crippen molar-refractivity contribution >= 4 is 11.7 Å². The first-order valence-corrected chi connectivity index (χ1v) is 9.23. The van der Waals surface area contributed by atoms with Crippen LogP contribution in [0, 0.1) is 6.92 Å². The van der Waals surface area contributed by atoms with Gasteiger partial charge in [0.05, 0.1) is 6.10 Å². The maximum atomic E-state index is 12.6. The fourth-order valence-corrected chi connectivity index (χ4v) is 2.67. The van der Waals surface area contributed by atoms with Gasteiger partial charge in [0, 0.05) is 11.8 Å². The Kier molecular flexibility index (Phi) is 6.27. The fraction of sp³-hybridized carbons (Fsp3) is 0.217. The molecule has 0 radical (unpaired) electrons. The average Bonchev–Trinajstić information content (AvgIpc) is 2.68. The molecule has 0 unspecified atom stereocenters. The van der Waals surface area contributed by atoms with E-state index < -0.39 is 0 Å². The average molecular weight is 376 g/mol. The summed E-state index contributed by atoms with van der Waals surface area (Å²) in [4.78, 5) is 16.8. The van der Waals surface area contributed by atoms with E-state index in [1.54, 1.807) is 42.6 Å². The van der Waals surface area contributed by atoms with E-state index in [1.807, 2.05) is 45.0 Å². The van der Waals surface area contributed by atoms with E-state index in [2.05, 4.69) is 10.3 Å². The first kappa shape index (κ1) is 19.4. The Morgan fingerprint density at radius 1 is 1.04 bits per heavy atom. The van der Waals surface area contributed by atoms with Crippen LogP contribution in [0.1, 0.15) is 35.3 Å². The maximum Gasteiger partial charge on any atom is 0.256 e. The SMILES string of the molecule is Cc1ccccc1COc1cccnc1NC(=O)c1ccc(OC(C)C)cc1. The molecular formula is C23H24N2O3. The van der Waals surface area contributed by atoms with E-state index in [0.717, 1.165) is 16.9 Å². The lowest BCUT2D eigenvalue weighted by atomic mass is 10.1. The van der Waals surface area contributed by atoms with Crippen LogP contribution in [0.25, 0.3) is 0 Å². The van der Waals surface area contributed by atoms with Crippen LogP contribution < -0.4 is 14.8 Å². The van der Waals surface area contributed by atoms with Gasteiger partial charge in [0.15, 0.2) is 11.6 Å². The topological polar surface area (TPSA) is 60.5 Å². The standard InChI is InChI=1S/C23H24N2O3/c1-16(2)28-20-12-10-18(11-13-20)23(26)25-22-21(9-6-14-24-22)27-15-19-8-5-4-7-17(19)3/h4-14,16H,15H2,1-3H3,(H,24,25,26). The van der Waals surface area contributed by atoms with E-state index in [9.17, 15) is 4.79 Å². The number of pyridine rings is 1. The van der Waals surface area contributed by atoms with Crippen molar-refractivity contribution in [2.45, 2.75) is 33.5 Å². The molecule has 0 fully saturated rings. The summed E-state index contributed by atoms with van der Waals surface area (Å²) in [6.07, 6.45) is 1.71. The quantitative estimate of drug-likeness (QED) is 0.630. The van der Waals surface area contributed by atoms with Gasteiger partial charge in [0.2, 0.25) is 0 Å². The summed E-state index contributed by atoms with van der Waals surface area (Å²) in [5.74, 6) is 1.39. The molecular weight excluding hydrogens is 352 g/mol. The minimum atomic E-state index is -0.254. The van der Waals surface area contributed by atoms with Gasteiger partial charge >= 0.3 is 0 Å². The van der Waals surface area contributed by atoms with Crippen molar-refractivity contribution in [3.63, 3.8) is 0 Å². The molecule has 1 N–H and O–H groups in total. The smallest absolute Gasteiger partial charge is 0.256 e. The van der Waals surface area contributed by atoms with Gasteiger partial charge in [0.25, 0.3) is 5.91 Å². The molecule has 28 heavy (non-hydrogen) atoms. The van der Waals surface area contributed by atoms with Gasteiger partial charge in [-0.2, -0.15) is 0 Å². The summed E-state index contributed by atoms with van der Waals surface area (Å²) in [6.45, 7) is 6.36. The first-order chi connectivity index (χ1) is 13.5. The zero-order valence-electron chi connectivity index (χ0n) is 16.3. The van der Waals surface area contributed by atoms with E-state index in [-0.39, 0.29) is 12.0 Å². The number of hydrogen-bond donors (Lipinski definition) is 1. The monoisotopic (exact) mass is 376 g/mol. The molecule has 1 heterocycles. The van der Waals surface area contributed by atoms with Crippen molar-refractivity contribution in [3.05, 3.63) is 83.6 Å². The number of nitrogens with zero attached hydrogens (tertiary/aromatic N) is 1. The second kappa shape index (κ2) is 9.04. The van der Waals surface area contributed by atoms with Gasteiger partial charge in [-0.15, -0.1) is 0 Å². The largest absolute Gasteiger partial charge is 0.491 e. The highest BCUT2D eigenvalue weighted by Crippen LogP contribution is 2.24. The highest BCUT2D eigenvalue weighted by atomic mass is 16.5. The lowest BCUT2D eigenvalue weighted by Gasteiger charge is -2.13. The van der Waals surface area contributed by atoms with Crippen molar-refractivity contribution in [2.24, 2.45) is 0 Å². The van der Waals surface area contributed by atoms with Gasteiger partial charge in [-0.25, -0.2) is 4.98 Å². The van der Waals surface area contributed by atoms with Crippen molar-refractivity contribution in [2.75, 3.05) is 5.32 Å².